The second-order valence-electron chi connectivity index (χ2n) is 17.1. The van der Waals surface area contributed by atoms with Gasteiger partial charge < -0.3 is 47.7 Å². The number of hydrogen-bond donors (Lipinski definition) is 8. The second kappa shape index (κ2) is 32.0. The standard InChI is InChI=1S/C44H70N6O22/c1-61-22-9-20-45-21-25-62-39-19-14-32(26-38(39)45)29-65-40-27-46(43(51)63-23-7-5-12-36(71-49(57)58)30-66-47(53)54)28-41(42(40)69-35-17-15-34(16-18-35)68-33-10-3-2-4-11-33)70-44(52)64-24-8-6-13-37(72-50(59)60)31-67-48(55)56/h2-4,10-11,14,19,26,34-37,40-42,53-60H,5-9,12-13,15-18,20-25,27-31H2,1H3. The fourth-order valence-electron chi connectivity index (χ4n) is 8.39. The molecule has 0 aromatic heterocycles. The monoisotopic (exact) mass is 1030 g/mol. The van der Waals surface area contributed by atoms with Gasteiger partial charge in [0, 0.05) is 20.3 Å². The molecule has 2 fully saturated rings. The van der Waals surface area contributed by atoms with Gasteiger partial charge in [0.05, 0.1) is 78.9 Å². The van der Waals surface area contributed by atoms with Gasteiger partial charge >= 0.3 is 12.2 Å². The van der Waals surface area contributed by atoms with Crippen LogP contribution in [-0.2, 0) is 54.4 Å². The molecule has 1 aliphatic carbocycles. The van der Waals surface area contributed by atoms with Gasteiger partial charge in [-0.15, -0.1) is 0 Å². The quantitative estimate of drug-likeness (QED) is 0.0280. The number of rotatable bonds is 32. The van der Waals surface area contributed by atoms with Crippen molar-refractivity contribution < 1.29 is 108 Å². The summed E-state index contributed by atoms with van der Waals surface area (Å²) >= 11 is 0. The topological polar surface area (TPSA) is 326 Å². The number of methoxy groups -OCH3 is 1. The molecule has 2 aromatic rings. The number of ether oxygens (including phenoxy) is 8. The molecule has 1 saturated heterocycles. The molecule has 1 amide bonds. The van der Waals surface area contributed by atoms with Gasteiger partial charge in [0.25, 0.3) is 0 Å². The minimum absolute atomic E-state index is 0.0205. The first-order chi connectivity index (χ1) is 34.8. The van der Waals surface area contributed by atoms with Crippen LogP contribution in [0.4, 0.5) is 15.3 Å². The molecule has 28 heteroatoms. The maximum atomic E-state index is 13.8. The Hall–Kier alpha value is -4.38. The number of likely N-dealkylation sites (tertiary alicyclic amines) is 1. The number of amides is 1. The van der Waals surface area contributed by atoms with E-state index in [-0.39, 0.29) is 70.8 Å². The first-order valence-electron chi connectivity index (χ1n) is 23.8. The zero-order valence-electron chi connectivity index (χ0n) is 40.2. The summed E-state index contributed by atoms with van der Waals surface area (Å²) in [5, 5.41) is 69.7. The number of unbranched alkanes of at least 4 members (excludes halogenated alkanes) is 2. The zero-order chi connectivity index (χ0) is 51.7. The number of para-hydroxylation sites is 1. The van der Waals surface area contributed by atoms with Crippen molar-refractivity contribution in [2.75, 3.05) is 77.8 Å². The Bertz CT molecular complexity index is 1820. The van der Waals surface area contributed by atoms with E-state index < -0.39 is 77.5 Å². The van der Waals surface area contributed by atoms with E-state index >= 15 is 0 Å². The number of anilines is 1. The first-order valence-corrected chi connectivity index (χ1v) is 23.8. The molecule has 3 aliphatic rings. The van der Waals surface area contributed by atoms with Crippen molar-refractivity contribution in [2.24, 2.45) is 0 Å². The zero-order valence-corrected chi connectivity index (χ0v) is 40.2. The van der Waals surface area contributed by atoms with Gasteiger partial charge in [-0.1, -0.05) is 24.3 Å². The molecule has 1 saturated carbocycles. The lowest BCUT2D eigenvalue weighted by atomic mass is 9.93. The van der Waals surface area contributed by atoms with Crippen molar-refractivity contribution in [2.45, 2.75) is 120 Å². The van der Waals surface area contributed by atoms with E-state index in [9.17, 15) is 9.59 Å². The summed E-state index contributed by atoms with van der Waals surface area (Å²) in [6.07, 6.45) is -2.32. The Morgan fingerprint density at radius 3 is 1.97 bits per heavy atom. The molecule has 0 bridgehead atoms. The van der Waals surface area contributed by atoms with Crippen LogP contribution in [0.15, 0.2) is 48.5 Å². The molecular weight excluding hydrogens is 965 g/mol. The highest BCUT2D eigenvalue weighted by atomic mass is 17.1. The Balaban J connectivity index is 1.30. The number of nitrogens with zero attached hydrogens (tertiary/aromatic N) is 6. The van der Waals surface area contributed by atoms with Gasteiger partial charge in [-0.25, -0.2) is 28.9 Å². The smallest absolute Gasteiger partial charge is 0.490 e. The number of hydrogen-bond acceptors (Lipinski definition) is 27. The van der Waals surface area contributed by atoms with Crippen LogP contribution in [-0.4, -0.2) is 196 Å². The Labute approximate surface area is 415 Å². The van der Waals surface area contributed by atoms with E-state index in [4.69, 9.17) is 89.2 Å². The molecule has 5 rings (SSSR count). The third-order valence-electron chi connectivity index (χ3n) is 11.8. The summed E-state index contributed by atoms with van der Waals surface area (Å²) < 4.78 is 48.0. The highest BCUT2D eigenvalue weighted by Crippen LogP contribution is 2.34. The minimum atomic E-state index is -1.12. The van der Waals surface area contributed by atoms with Crippen molar-refractivity contribution in [3.05, 3.63) is 54.1 Å². The molecule has 72 heavy (non-hydrogen) atoms. The van der Waals surface area contributed by atoms with Gasteiger partial charge in [-0.3, -0.25) is 41.7 Å². The number of fused-ring (bicyclic) bond motifs is 1. The highest BCUT2D eigenvalue weighted by molar-refractivity contribution is 5.68. The van der Waals surface area contributed by atoms with Crippen LogP contribution in [0, 0.1) is 0 Å². The number of piperidine rings is 1. The molecule has 8 N–H and O–H groups in total. The van der Waals surface area contributed by atoms with Gasteiger partial charge in [0.1, 0.15) is 55.7 Å². The van der Waals surface area contributed by atoms with Gasteiger partial charge in [-0.2, -0.15) is 0 Å². The predicted molar refractivity (Wildman–Crippen MR) is 237 cm³/mol. The third-order valence-corrected chi connectivity index (χ3v) is 11.8. The molecule has 2 aromatic carbocycles. The molecule has 5 atom stereocenters. The molecule has 2 heterocycles. The van der Waals surface area contributed by atoms with Crippen LogP contribution in [0.25, 0.3) is 0 Å². The lowest BCUT2D eigenvalue weighted by molar-refractivity contribution is -0.527. The third kappa shape index (κ3) is 21.6. The maximum absolute atomic E-state index is 13.8. The number of carbonyl (C=O) groups excluding carboxylic acids is 2. The van der Waals surface area contributed by atoms with E-state index in [0.29, 0.717) is 58.3 Å². The summed E-state index contributed by atoms with van der Waals surface area (Å²) in [6.45, 7) is 1.29. The summed E-state index contributed by atoms with van der Waals surface area (Å²) in [5.74, 6) is 1.50. The van der Waals surface area contributed by atoms with Gasteiger partial charge in [0.15, 0.2) is 6.10 Å². The lowest BCUT2D eigenvalue weighted by Crippen LogP contribution is -2.60. The van der Waals surface area contributed by atoms with Crippen LogP contribution >= 0.6 is 0 Å². The van der Waals surface area contributed by atoms with E-state index in [0.717, 1.165) is 35.7 Å². The molecule has 408 valence electrons. The van der Waals surface area contributed by atoms with Crippen LogP contribution in [0.5, 0.6) is 11.5 Å². The van der Waals surface area contributed by atoms with Crippen LogP contribution in [0.3, 0.4) is 0 Å². The molecule has 0 spiro atoms. The van der Waals surface area contributed by atoms with Crippen molar-refractivity contribution in [3.63, 3.8) is 0 Å². The summed E-state index contributed by atoms with van der Waals surface area (Å²) in [5.41, 5.74) is 1.71. The van der Waals surface area contributed by atoms with Crippen molar-refractivity contribution in [3.8, 4) is 11.5 Å². The summed E-state index contributed by atoms with van der Waals surface area (Å²) in [4.78, 5) is 49.5. The molecule has 28 nitrogen and oxygen atoms in total. The lowest BCUT2D eigenvalue weighted by Gasteiger charge is -2.43. The molecule has 2 aliphatic heterocycles. The Morgan fingerprint density at radius 2 is 1.35 bits per heavy atom. The fraction of sp³-hybridized carbons (Fsp3) is 0.682. The predicted octanol–water partition coefficient (Wildman–Crippen LogP) is 4.68. The SMILES string of the molecule is COCCCN1CCOc2ccc(COC3CN(C(=O)OCCCCC(CON(O)O)ON(O)O)CC(OC(=O)OCCCCC(CON(O)O)ON(O)O)C3OC3CCC(Oc4ccccc4)CC3)cc21. The van der Waals surface area contributed by atoms with Gasteiger partial charge in [-0.05, 0) is 100 Å². The summed E-state index contributed by atoms with van der Waals surface area (Å²) in [6, 6.07) is 15.3. The summed E-state index contributed by atoms with van der Waals surface area (Å²) in [7, 11) is 1.66. The number of benzene rings is 2. The Kier molecular flexibility index (Phi) is 26.0. The van der Waals surface area contributed by atoms with E-state index in [1.807, 2.05) is 48.5 Å². The van der Waals surface area contributed by atoms with Crippen LogP contribution in [0.1, 0.15) is 76.2 Å². The van der Waals surface area contributed by atoms with Crippen molar-refractivity contribution in [1.82, 2.24) is 26.5 Å². The molecular formula is C44H70N6O22. The largest absolute Gasteiger partial charge is 0.508 e. The Morgan fingerprint density at radius 1 is 0.722 bits per heavy atom. The molecule has 0 radical (unpaired) electrons. The average Bonchev–Trinajstić information content (AvgIpc) is 3.35. The first kappa shape index (κ1) is 58.5. The van der Waals surface area contributed by atoms with E-state index in [1.165, 1.54) is 4.90 Å². The normalized spacial score (nSPS) is 21.2. The maximum Gasteiger partial charge on any atom is 0.508 e. The highest BCUT2D eigenvalue weighted by Gasteiger charge is 2.45. The minimum Gasteiger partial charge on any atom is -0.490 e. The fourth-order valence-corrected chi connectivity index (χ4v) is 8.39. The average molecular weight is 1040 g/mol. The second-order valence-corrected chi connectivity index (χ2v) is 17.1. The van der Waals surface area contributed by atoms with Crippen molar-refractivity contribution in [1.29, 1.82) is 0 Å². The van der Waals surface area contributed by atoms with Crippen LogP contribution < -0.4 is 14.4 Å². The van der Waals surface area contributed by atoms with Crippen molar-refractivity contribution >= 4 is 17.9 Å². The molecule has 5 unspecified atom stereocenters. The van der Waals surface area contributed by atoms with Crippen LogP contribution in [0.2, 0.25) is 0 Å². The van der Waals surface area contributed by atoms with E-state index in [2.05, 4.69) is 14.6 Å². The number of carbonyl (C=O) groups is 2. The van der Waals surface area contributed by atoms with E-state index in [1.54, 1.807) is 7.11 Å². The van der Waals surface area contributed by atoms with Gasteiger partial charge in [0.2, 0.25) is 0 Å².